The van der Waals surface area contributed by atoms with Gasteiger partial charge >= 0.3 is 0 Å². The van der Waals surface area contributed by atoms with E-state index in [0.29, 0.717) is 29.0 Å². The second-order valence-corrected chi connectivity index (χ2v) is 11.2. The molecule has 0 radical (unpaired) electrons. The third kappa shape index (κ3) is 4.66. The first kappa shape index (κ1) is 22.8. The number of nitrogens with two attached hydrogens (primary N) is 1. The van der Waals surface area contributed by atoms with E-state index in [1.807, 2.05) is 24.3 Å². The van der Waals surface area contributed by atoms with E-state index in [4.69, 9.17) is 10.1 Å². The van der Waals surface area contributed by atoms with Crippen LogP contribution in [0, 0.1) is 0 Å². The van der Waals surface area contributed by atoms with Crippen LogP contribution in [0.5, 0.6) is 0 Å². The molecule has 0 spiro atoms. The van der Waals surface area contributed by atoms with Crippen molar-refractivity contribution in [3.8, 4) is 0 Å². The largest absolute Gasteiger partial charge is 0.287 e. The third-order valence-corrected chi connectivity index (χ3v) is 8.49. The van der Waals surface area contributed by atoms with Crippen LogP contribution in [-0.2, 0) is 29.4 Å². The standard InChI is InChI=1S/C26H25N3O3S2/c27-34(31,32)20-14-12-18(13-15-20)16-17-29-25(30)22-9-3-4-10-23(22)28-26(29)33-24-11-5-7-19-6-1-2-8-21(19)24/h1-4,6,8-10,12-15,24H,5,7,11,16-17H2,(H2,27,31,32). The Balaban J connectivity index is 1.49. The Morgan fingerprint density at radius 1 is 1.00 bits per heavy atom. The Kier molecular flexibility index (Phi) is 6.29. The summed E-state index contributed by atoms with van der Waals surface area (Å²) in [5.74, 6) is 0. The van der Waals surface area contributed by atoms with Crippen LogP contribution in [0.2, 0.25) is 0 Å². The Morgan fingerprint density at radius 2 is 1.74 bits per heavy atom. The molecule has 5 rings (SSSR count). The first-order chi connectivity index (χ1) is 16.4. The number of fused-ring (bicyclic) bond motifs is 2. The number of nitrogens with zero attached hydrogens (tertiary/aromatic N) is 2. The molecule has 2 N–H and O–H groups in total. The van der Waals surface area contributed by atoms with Gasteiger partial charge in [0.2, 0.25) is 10.0 Å². The summed E-state index contributed by atoms with van der Waals surface area (Å²) in [6.07, 6.45) is 3.81. The normalized spacial score (nSPS) is 15.9. The molecule has 0 aliphatic heterocycles. The fraction of sp³-hybridized carbons (Fsp3) is 0.231. The molecule has 1 aliphatic rings. The summed E-state index contributed by atoms with van der Waals surface area (Å²) in [4.78, 5) is 18.4. The lowest BCUT2D eigenvalue weighted by Gasteiger charge is -2.25. The van der Waals surface area contributed by atoms with E-state index in [1.165, 1.54) is 23.3 Å². The van der Waals surface area contributed by atoms with Gasteiger partial charge in [-0.25, -0.2) is 18.5 Å². The summed E-state index contributed by atoms with van der Waals surface area (Å²) < 4.78 is 24.8. The summed E-state index contributed by atoms with van der Waals surface area (Å²) in [6, 6.07) is 22.5. The zero-order chi connectivity index (χ0) is 23.7. The molecule has 1 heterocycles. The lowest BCUT2D eigenvalue weighted by molar-refractivity contribution is 0.590. The second-order valence-electron chi connectivity index (χ2n) is 8.50. The van der Waals surface area contributed by atoms with Crippen LogP contribution < -0.4 is 10.7 Å². The maximum absolute atomic E-state index is 13.5. The predicted octanol–water partition coefficient (Wildman–Crippen LogP) is 4.46. The van der Waals surface area contributed by atoms with Crippen LogP contribution in [0.4, 0.5) is 0 Å². The number of primary sulfonamides is 1. The molecule has 1 unspecified atom stereocenters. The highest BCUT2D eigenvalue weighted by molar-refractivity contribution is 7.99. The van der Waals surface area contributed by atoms with E-state index in [1.54, 1.807) is 28.5 Å². The lowest BCUT2D eigenvalue weighted by atomic mass is 9.91. The molecule has 3 aromatic carbocycles. The summed E-state index contributed by atoms with van der Waals surface area (Å²) in [7, 11) is -3.73. The van der Waals surface area contributed by atoms with Gasteiger partial charge in [0, 0.05) is 11.8 Å². The minimum atomic E-state index is -3.73. The third-order valence-electron chi connectivity index (χ3n) is 6.26. The van der Waals surface area contributed by atoms with Crippen molar-refractivity contribution in [3.05, 3.63) is 99.8 Å². The van der Waals surface area contributed by atoms with E-state index in [-0.39, 0.29) is 15.7 Å². The molecule has 174 valence electrons. The molecule has 0 bridgehead atoms. The maximum Gasteiger partial charge on any atom is 0.262 e. The van der Waals surface area contributed by atoms with Crippen molar-refractivity contribution in [2.45, 2.75) is 47.5 Å². The van der Waals surface area contributed by atoms with Gasteiger partial charge in [-0.3, -0.25) is 9.36 Å². The summed E-state index contributed by atoms with van der Waals surface area (Å²) in [5, 5.41) is 6.76. The van der Waals surface area contributed by atoms with Crippen LogP contribution in [-0.4, -0.2) is 18.0 Å². The van der Waals surface area contributed by atoms with Crippen molar-refractivity contribution in [1.82, 2.24) is 9.55 Å². The van der Waals surface area contributed by atoms with E-state index >= 15 is 0 Å². The van der Waals surface area contributed by atoms with E-state index in [9.17, 15) is 13.2 Å². The van der Waals surface area contributed by atoms with Gasteiger partial charge in [0.25, 0.3) is 5.56 Å². The molecule has 4 aromatic rings. The van der Waals surface area contributed by atoms with Crippen molar-refractivity contribution >= 4 is 32.7 Å². The maximum atomic E-state index is 13.5. The number of hydrogen-bond donors (Lipinski definition) is 1. The Bertz CT molecular complexity index is 1510. The van der Waals surface area contributed by atoms with Gasteiger partial charge in [-0.2, -0.15) is 0 Å². The molecule has 0 fully saturated rings. The number of para-hydroxylation sites is 1. The molecule has 0 saturated heterocycles. The van der Waals surface area contributed by atoms with Gasteiger partial charge in [-0.1, -0.05) is 60.3 Å². The van der Waals surface area contributed by atoms with Crippen molar-refractivity contribution in [3.63, 3.8) is 0 Å². The SMILES string of the molecule is NS(=O)(=O)c1ccc(CCn2c(SC3CCCc4ccccc43)nc3ccccc3c2=O)cc1. The van der Waals surface area contributed by atoms with Crippen molar-refractivity contribution in [2.75, 3.05) is 0 Å². The highest BCUT2D eigenvalue weighted by Crippen LogP contribution is 2.42. The molecular weight excluding hydrogens is 466 g/mol. The van der Waals surface area contributed by atoms with Crippen molar-refractivity contribution in [1.29, 1.82) is 0 Å². The van der Waals surface area contributed by atoms with Gasteiger partial charge in [-0.05, 0) is 66.6 Å². The minimum absolute atomic E-state index is 0.0571. The average molecular weight is 492 g/mol. The van der Waals surface area contributed by atoms with Gasteiger partial charge in [0.05, 0.1) is 15.8 Å². The van der Waals surface area contributed by atoms with Crippen LogP contribution in [0.1, 0.15) is 34.8 Å². The zero-order valence-electron chi connectivity index (χ0n) is 18.6. The number of hydrogen-bond acceptors (Lipinski definition) is 5. The van der Waals surface area contributed by atoms with Crippen LogP contribution in [0.25, 0.3) is 10.9 Å². The topological polar surface area (TPSA) is 95.1 Å². The quantitative estimate of drug-likeness (QED) is 0.402. The molecule has 0 saturated carbocycles. The van der Waals surface area contributed by atoms with E-state index < -0.39 is 10.0 Å². The van der Waals surface area contributed by atoms with Gasteiger partial charge in [0.1, 0.15) is 0 Å². The monoisotopic (exact) mass is 491 g/mol. The second kappa shape index (κ2) is 9.37. The zero-order valence-corrected chi connectivity index (χ0v) is 20.2. The number of benzene rings is 3. The summed E-state index contributed by atoms with van der Waals surface area (Å²) >= 11 is 1.66. The van der Waals surface area contributed by atoms with Gasteiger partial charge in [0.15, 0.2) is 5.16 Å². The highest BCUT2D eigenvalue weighted by atomic mass is 32.2. The highest BCUT2D eigenvalue weighted by Gasteiger charge is 2.23. The van der Waals surface area contributed by atoms with Crippen LogP contribution in [0.3, 0.4) is 0 Å². The lowest BCUT2D eigenvalue weighted by Crippen LogP contribution is -2.25. The Morgan fingerprint density at radius 3 is 2.53 bits per heavy atom. The fourth-order valence-electron chi connectivity index (χ4n) is 4.48. The Labute approximate surface area is 202 Å². The molecular formula is C26H25N3O3S2. The smallest absolute Gasteiger partial charge is 0.262 e. The minimum Gasteiger partial charge on any atom is -0.287 e. The molecule has 1 aliphatic carbocycles. The average Bonchev–Trinajstić information content (AvgIpc) is 2.84. The first-order valence-electron chi connectivity index (χ1n) is 11.3. The van der Waals surface area contributed by atoms with Crippen LogP contribution >= 0.6 is 11.8 Å². The van der Waals surface area contributed by atoms with Crippen molar-refractivity contribution < 1.29 is 8.42 Å². The number of aryl methyl sites for hydroxylation is 2. The number of thioether (sulfide) groups is 1. The fourth-order valence-corrected chi connectivity index (χ4v) is 6.34. The number of rotatable bonds is 6. The van der Waals surface area contributed by atoms with E-state index in [2.05, 4.69) is 24.3 Å². The Hall–Kier alpha value is -2.94. The summed E-state index contributed by atoms with van der Waals surface area (Å²) in [5.41, 5.74) is 4.26. The number of sulfonamides is 1. The molecule has 0 amide bonds. The molecule has 6 nitrogen and oxygen atoms in total. The number of aromatic nitrogens is 2. The predicted molar refractivity (Wildman–Crippen MR) is 136 cm³/mol. The van der Waals surface area contributed by atoms with Gasteiger partial charge in [-0.15, -0.1) is 0 Å². The van der Waals surface area contributed by atoms with Gasteiger partial charge < -0.3 is 0 Å². The van der Waals surface area contributed by atoms with Crippen molar-refractivity contribution in [2.24, 2.45) is 5.14 Å². The first-order valence-corrected chi connectivity index (χ1v) is 13.7. The molecule has 8 heteroatoms. The summed E-state index contributed by atoms with van der Waals surface area (Å²) in [6.45, 7) is 0.447. The molecule has 1 atom stereocenters. The molecule has 34 heavy (non-hydrogen) atoms. The van der Waals surface area contributed by atoms with Crippen LogP contribution in [0.15, 0.2) is 87.6 Å². The molecule has 1 aromatic heterocycles. The van der Waals surface area contributed by atoms with E-state index in [0.717, 1.165) is 24.8 Å².